The number of carbonyl (C=O) groups excluding carboxylic acids is 1. The van der Waals surface area contributed by atoms with E-state index in [0.717, 1.165) is 19.3 Å². The van der Waals surface area contributed by atoms with Crippen LogP contribution >= 0.6 is 11.6 Å². The lowest BCUT2D eigenvalue weighted by molar-refractivity contribution is 0.0378. The van der Waals surface area contributed by atoms with Gasteiger partial charge < -0.3 is 4.74 Å². The summed E-state index contributed by atoms with van der Waals surface area (Å²) in [5.74, 6) is -0.615. The maximum absolute atomic E-state index is 12.6. The molecule has 0 saturated carbocycles. The highest BCUT2D eigenvalue weighted by Crippen LogP contribution is 2.25. The summed E-state index contributed by atoms with van der Waals surface area (Å²) in [4.78, 5) is 12.1. The summed E-state index contributed by atoms with van der Waals surface area (Å²) in [6.45, 7) is 4.47. The first-order valence-corrected chi connectivity index (χ1v) is 9.15. The molecule has 1 aliphatic rings. The van der Waals surface area contributed by atoms with Crippen molar-refractivity contribution in [1.29, 1.82) is 0 Å². The average Bonchev–Trinajstić information content (AvgIpc) is 2.47. The van der Waals surface area contributed by atoms with Gasteiger partial charge in [0, 0.05) is 13.1 Å². The molecule has 1 aromatic carbocycles. The van der Waals surface area contributed by atoms with Gasteiger partial charge in [0.05, 0.1) is 21.6 Å². The molecular formula is C15H20ClNO4S. The van der Waals surface area contributed by atoms with Crippen molar-refractivity contribution in [2.24, 2.45) is 0 Å². The Labute approximate surface area is 136 Å². The third-order valence-electron chi connectivity index (χ3n) is 3.45. The molecule has 1 heterocycles. The Bertz CT molecular complexity index is 652. The monoisotopic (exact) mass is 345 g/mol. The Morgan fingerprint density at radius 3 is 2.45 bits per heavy atom. The number of hydrogen-bond donors (Lipinski definition) is 0. The Kier molecular flexibility index (Phi) is 5.47. The number of sulfonamides is 1. The number of carbonyl (C=O) groups is 1. The number of piperidine rings is 1. The maximum Gasteiger partial charge on any atom is 0.339 e. The molecule has 0 amide bonds. The third-order valence-corrected chi connectivity index (χ3v) is 5.68. The minimum Gasteiger partial charge on any atom is -0.459 e. The summed E-state index contributed by atoms with van der Waals surface area (Å²) in [5, 5.41) is 0.184. The van der Waals surface area contributed by atoms with Gasteiger partial charge in [-0.05, 0) is 44.9 Å². The van der Waals surface area contributed by atoms with Crippen LogP contribution in [0.3, 0.4) is 0 Å². The highest BCUT2D eigenvalue weighted by atomic mass is 35.5. The van der Waals surface area contributed by atoms with Crippen molar-refractivity contribution in [3.63, 3.8) is 0 Å². The summed E-state index contributed by atoms with van der Waals surface area (Å²) in [7, 11) is -3.60. The molecule has 0 radical (unpaired) electrons. The van der Waals surface area contributed by atoms with Gasteiger partial charge in [-0.25, -0.2) is 13.2 Å². The van der Waals surface area contributed by atoms with Crippen molar-refractivity contribution in [3.05, 3.63) is 28.8 Å². The molecule has 0 aromatic heterocycles. The molecule has 0 aliphatic carbocycles. The van der Waals surface area contributed by atoms with Crippen molar-refractivity contribution in [2.45, 2.75) is 44.1 Å². The van der Waals surface area contributed by atoms with Crippen LogP contribution in [0, 0.1) is 0 Å². The van der Waals surface area contributed by atoms with E-state index in [9.17, 15) is 13.2 Å². The van der Waals surface area contributed by atoms with Crippen LogP contribution in [0.15, 0.2) is 23.1 Å². The number of ether oxygens (including phenoxy) is 1. The maximum atomic E-state index is 12.6. The van der Waals surface area contributed by atoms with Crippen LogP contribution in [-0.4, -0.2) is 37.9 Å². The predicted molar refractivity (Wildman–Crippen MR) is 84.6 cm³/mol. The fourth-order valence-electron chi connectivity index (χ4n) is 2.35. The van der Waals surface area contributed by atoms with Gasteiger partial charge in [-0.3, -0.25) is 0 Å². The zero-order chi connectivity index (χ0) is 16.3. The van der Waals surface area contributed by atoms with E-state index in [0.29, 0.717) is 13.1 Å². The van der Waals surface area contributed by atoms with Crippen molar-refractivity contribution >= 4 is 27.6 Å². The van der Waals surface area contributed by atoms with Crippen LogP contribution in [0.4, 0.5) is 0 Å². The molecule has 0 unspecified atom stereocenters. The number of nitrogens with zero attached hydrogens (tertiary/aromatic N) is 1. The molecule has 1 fully saturated rings. The first-order valence-electron chi connectivity index (χ1n) is 7.33. The molecule has 1 saturated heterocycles. The number of rotatable bonds is 4. The molecule has 0 spiro atoms. The van der Waals surface area contributed by atoms with Crippen LogP contribution in [0.1, 0.15) is 43.5 Å². The van der Waals surface area contributed by atoms with Crippen LogP contribution < -0.4 is 0 Å². The summed E-state index contributed by atoms with van der Waals surface area (Å²) < 4.78 is 31.8. The van der Waals surface area contributed by atoms with E-state index < -0.39 is 16.0 Å². The number of hydrogen-bond acceptors (Lipinski definition) is 4. The SMILES string of the molecule is CC(C)OC(=O)c1cc(S(=O)(=O)N2CCCCC2)ccc1Cl. The lowest BCUT2D eigenvalue weighted by atomic mass is 10.2. The molecule has 0 N–H and O–H groups in total. The Morgan fingerprint density at radius 1 is 1.23 bits per heavy atom. The van der Waals surface area contributed by atoms with Crippen molar-refractivity contribution in [1.82, 2.24) is 4.31 Å². The topological polar surface area (TPSA) is 63.7 Å². The predicted octanol–water partition coefficient (Wildman–Crippen LogP) is 3.08. The van der Waals surface area contributed by atoms with E-state index in [1.165, 1.54) is 22.5 Å². The second kappa shape index (κ2) is 6.98. The van der Waals surface area contributed by atoms with Gasteiger partial charge >= 0.3 is 5.97 Å². The minimum absolute atomic E-state index is 0.0773. The lowest BCUT2D eigenvalue weighted by Crippen LogP contribution is -2.35. The molecule has 5 nitrogen and oxygen atoms in total. The van der Waals surface area contributed by atoms with E-state index in [1.807, 2.05) is 0 Å². The fourth-order valence-corrected chi connectivity index (χ4v) is 4.09. The van der Waals surface area contributed by atoms with Gasteiger partial charge in [0.15, 0.2) is 0 Å². The van der Waals surface area contributed by atoms with Gasteiger partial charge in [-0.1, -0.05) is 18.0 Å². The van der Waals surface area contributed by atoms with Gasteiger partial charge in [0.25, 0.3) is 0 Å². The van der Waals surface area contributed by atoms with Gasteiger partial charge in [0.2, 0.25) is 10.0 Å². The van der Waals surface area contributed by atoms with Crippen molar-refractivity contribution in [3.8, 4) is 0 Å². The van der Waals surface area contributed by atoms with E-state index in [1.54, 1.807) is 13.8 Å². The summed E-state index contributed by atoms with van der Waals surface area (Å²) in [6, 6.07) is 4.16. The second-order valence-electron chi connectivity index (χ2n) is 5.56. The first-order chi connectivity index (χ1) is 10.3. The van der Waals surface area contributed by atoms with Crippen LogP contribution in [0.25, 0.3) is 0 Å². The Balaban J connectivity index is 2.34. The summed E-state index contributed by atoms with van der Waals surface area (Å²) in [5.41, 5.74) is 0.0773. The molecule has 1 aliphatic heterocycles. The quantitative estimate of drug-likeness (QED) is 0.787. The molecule has 22 heavy (non-hydrogen) atoms. The standard InChI is InChI=1S/C15H20ClNO4S/c1-11(2)21-15(18)13-10-12(6-7-14(13)16)22(19,20)17-8-4-3-5-9-17/h6-7,10-11H,3-5,8-9H2,1-2H3. The number of esters is 1. The number of halogens is 1. The van der Waals surface area contributed by atoms with Gasteiger partial charge in [-0.15, -0.1) is 0 Å². The van der Waals surface area contributed by atoms with Crippen LogP contribution in [0.2, 0.25) is 5.02 Å². The zero-order valence-corrected chi connectivity index (χ0v) is 14.3. The molecule has 2 rings (SSSR count). The Morgan fingerprint density at radius 2 is 1.86 bits per heavy atom. The Hall–Kier alpha value is -1.11. The molecule has 1 aromatic rings. The molecule has 0 atom stereocenters. The smallest absolute Gasteiger partial charge is 0.339 e. The normalized spacial score (nSPS) is 16.7. The number of benzene rings is 1. The fraction of sp³-hybridized carbons (Fsp3) is 0.533. The zero-order valence-electron chi connectivity index (χ0n) is 12.7. The molecule has 122 valence electrons. The summed E-state index contributed by atoms with van der Waals surface area (Å²) in [6.07, 6.45) is 2.45. The van der Waals surface area contributed by atoms with Crippen LogP contribution in [-0.2, 0) is 14.8 Å². The van der Waals surface area contributed by atoms with E-state index in [2.05, 4.69) is 0 Å². The van der Waals surface area contributed by atoms with Gasteiger partial charge in [-0.2, -0.15) is 4.31 Å². The summed E-state index contributed by atoms with van der Waals surface area (Å²) >= 11 is 6.00. The molecular weight excluding hydrogens is 326 g/mol. The minimum atomic E-state index is -3.60. The lowest BCUT2D eigenvalue weighted by Gasteiger charge is -2.26. The van der Waals surface area contributed by atoms with E-state index in [4.69, 9.17) is 16.3 Å². The molecule has 7 heteroatoms. The second-order valence-corrected chi connectivity index (χ2v) is 7.91. The highest BCUT2D eigenvalue weighted by molar-refractivity contribution is 7.89. The highest BCUT2D eigenvalue weighted by Gasteiger charge is 2.27. The van der Waals surface area contributed by atoms with E-state index in [-0.39, 0.29) is 21.6 Å². The third kappa shape index (κ3) is 3.80. The largest absolute Gasteiger partial charge is 0.459 e. The average molecular weight is 346 g/mol. The van der Waals surface area contributed by atoms with E-state index >= 15 is 0 Å². The molecule has 0 bridgehead atoms. The van der Waals surface area contributed by atoms with Crippen LogP contribution in [0.5, 0.6) is 0 Å². The van der Waals surface area contributed by atoms with Crippen molar-refractivity contribution < 1.29 is 17.9 Å². The van der Waals surface area contributed by atoms with Gasteiger partial charge in [0.1, 0.15) is 0 Å². The first kappa shape index (κ1) is 17.2. The van der Waals surface area contributed by atoms with Crippen molar-refractivity contribution in [2.75, 3.05) is 13.1 Å².